The van der Waals surface area contributed by atoms with Crippen molar-refractivity contribution in [1.29, 1.82) is 0 Å². The third kappa shape index (κ3) is 1.90. The molecule has 0 fully saturated rings. The average molecular weight is 380 g/mol. The predicted octanol–water partition coefficient (Wildman–Crippen LogP) is 3.32. The van der Waals surface area contributed by atoms with E-state index < -0.39 is 0 Å². The van der Waals surface area contributed by atoms with Crippen LogP contribution in [0.5, 0.6) is 0 Å². The van der Waals surface area contributed by atoms with Gasteiger partial charge in [-0.05, 0) is 50.7 Å². The van der Waals surface area contributed by atoms with Crippen LogP contribution in [-0.2, 0) is 4.74 Å². The van der Waals surface area contributed by atoms with Crippen molar-refractivity contribution < 1.29 is 9.53 Å². The maximum atomic E-state index is 11.4. The van der Waals surface area contributed by atoms with E-state index in [1.54, 1.807) is 6.20 Å². The summed E-state index contributed by atoms with van der Waals surface area (Å²) in [5.74, 6) is -0.320. The van der Waals surface area contributed by atoms with Crippen molar-refractivity contribution in [2.45, 2.75) is 0 Å². The highest BCUT2D eigenvalue weighted by Crippen LogP contribution is 2.27. The molecule has 0 aliphatic heterocycles. The van der Waals surface area contributed by atoms with Crippen LogP contribution in [0.3, 0.4) is 0 Å². The summed E-state index contributed by atoms with van der Waals surface area (Å²) < 4.78 is 6.77. The Morgan fingerprint density at radius 1 is 1.53 bits per heavy atom. The van der Waals surface area contributed by atoms with Crippen molar-refractivity contribution in [3.63, 3.8) is 0 Å². The van der Waals surface area contributed by atoms with Gasteiger partial charge in [0.25, 0.3) is 0 Å². The van der Waals surface area contributed by atoms with Crippen LogP contribution < -0.4 is 0 Å². The third-order valence-electron chi connectivity index (χ3n) is 2.13. The second-order valence-corrected chi connectivity index (χ2v) is 5.02. The molecular formula is C10H7BrINO2. The number of hydrogen-bond acceptors (Lipinski definition) is 2. The Morgan fingerprint density at radius 3 is 2.93 bits per heavy atom. The van der Waals surface area contributed by atoms with Crippen LogP contribution in [0.1, 0.15) is 10.4 Å². The minimum atomic E-state index is -0.320. The molecule has 5 heteroatoms. The zero-order valence-corrected chi connectivity index (χ0v) is 11.5. The first-order valence-electron chi connectivity index (χ1n) is 4.18. The lowest BCUT2D eigenvalue weighted by Crippen LogP contribution is -1.99. The fraction of sp³-hybridized carbons (Fsp3) is 0.100. The van der Waals surface area contributed by atoms with Gasteiger partial charge in [0.15, 0.2) is 0 Å². The maximum Gasteiger partial charge on any atom is 0.340 e. The largest absolute Gasteiger partial charge is 0.465 e. The molecule has 0 radical (unpaired) electrons. The first-order valence-corrected chi connectivity index (χ1v) is 6.05. The second kappa shape index (κ2) is 4.13. The van der Waals surface area contributed by atoms with Gasteiger partial charge in [-0.3, -0.25) is 0 Å². The van der Waals surface area contributed by atoms with E-state index >= 15 is 0 Å². The number of methoxy groups -OCH3 is 1. The van der Waals surface area contributed by atoms with E-state index in [4.69, 9.17) is 4.74 Å². The summed E-state index contributed by atoms with van der Waals surface area (Å²) >= 11 is 5.65. The number of rotatable bonds is 1. The molecule has 0 aliphatic carbocycles. The molecule has 0 saturated carbocycles. The van der Waals surface area contributed by atoms with Crippen LogP contribution in [0.15, 0.2) is 22.8 Å². The Kier molecular flexibility index (Phi) is 3.01. The van der Waals surface area contributed by atoms with Gasteiger partial charge in [-0.1, -0.05) is 0 Å². The fourth-order valence-corrected chi connectivity index (χ4v) is 2.21. The summed E-state index contributed by atoms with van der Waals surface area (Å²) in [4.78, 5) is 14.5. The molecule has 15 heavy (non-hydrogen) atoms. The van der Waals surface area contributed by atoms with Crippen molar-refractivity contribution in [2.24, 2.45) is 0 Å². The minimum Gasteiger partial charge on any atom is -0.465 e. The molecule has 1 N–H and O–H groups in total. The molecule has 0 aliphatic rings. The average Bonchev–Trinajstić information content (AvgIpc) is 2.61. The molecule has 1 heterocycles. The molecule has 0 atom stereocenters. The van der Waals surface area contributed by atoms with E-state index in [9.17, 15) is 4.79 Å². The van der Waals surface area contributed by atoms with Gasteiger partial charge in [0.1, 0.15) is 0 Å². The Morgan fingerprint density at radius 2 is 2.27 bits per heavy atom. The van der Waals surface area contributed by atoms with Gasteiger partial charge in [-0.15, -0.1) is 0 Å². The van der Waals surface area contributed by atoms with Crippen molar-refractivity contribution >= 4 is 55.4 Å². The van der Waals surface area contributed by atoms with Crippen LogP contribution in [-0.4, -0.2) is 18.1 Å². The van der Waals surface area contributed by atoms with E-state index in [2.05, 4.69) is 43.5 Å². The van der Waals surface area contributed by atoms with E-state index in [-0.39, 0.29) is 5.97 Å². The highest BCUT2D eigenvalue weighted by molar-refractivity contribution is 14.1. The summed E-state index contributed by atoms with van der Waals surface area (Å²) in [6, 6.07) is 3.90. The number of carbonyl (C=O) groups excluding carboxylic acids is 1. The van der Waals surface area contributed by atoms with Gasteiger partial charge in [-0.2, -0.15) is 0 Å². The zero-order chi connectivity index (χ0) is 11.0. The lowest BCUT2D eigenvalue weighted by atomic mass is 10.2. The van der Waals surface area contributed by atoms with E-state index in [0.29, 0.717) is 5.56 Å². The summed E-state index contributed by atoms with van der Waals surface area (Å²) in [7, 11) is 1.38. The zero-order valence-electron chi connectivity index (χ0n) is 7.80. The fourth-order valence-electron chi connectivity index (χ4n) is 1.40. The molecule has 0 saturated heterocycles. The Hall–Kier alpha value is -0.560. The van der Waals surface area contributed by atoms with Crippen LogP contribution in [0.2, 0.25) is 0 Å². The number of carbonyl (C=O) groups is 1. The summed E-state index contributed by atoms with van der Waals surface area (Å²) in [6.45, 7) is 0. The smallest absolute Gasteiger partial charge is 0.340 e. The summed E-state index contributed by atoms with van der Waals surface area (Å²) in [6.07, 6.45) is 1.67. The quantitative estimate of drug-likeness (QED) is 0.610. The minimum absolute atomic E-state index is 0.320. The van der Waals surface area contributed by atoms with Gasteiger partial charge in [0.05, 0.1) is 12.7 Å². The van der Waals surface area contributed by atoms with Gasteiger partial charge in [0.2, 0.25) is 0 Å². The highest BCUT2D eigenvalue weighted by atomic mass is 127. The highest BCUT2D eigenvalue weighted by Gasteiger charge is 2.13. The molecule has 2 rings (SSSR count). The number of nitrogens with one attached hydrogen (secondary N) is 1. The van der Waals surface area contributed by atoms with E-state index in [1.807, 2.05) is 12.1 Å². The Labute approximate surface area is 108 Å². The monoisotopic (exact) mass is 379 g/mol. The van der Waals surface area contributed by atoms with Crippen LogP contribution >= 0.6 is 38.5 Å². The van der Waals surface area contributed by atoms with Crippen molar-refractivity contribution in [1.82, 2.24) is 4.98 Å². The molecule has 1 aromatic carbocycles. The first-order chi connectivity index (χ1) is 7.13. The predicted molar refractivity (Wildman–Crippen MR) is 70.1 cm³/mol. The standard InChI is InChI=1S/C10H7BrINO2/c1-15-10(14)6-4-13-9-3-7(11)8(12)2-5(6)9/h2-4,13H,1H3. The lowest BCUT2D eigenvalue weighted by Gasteiger charge is -1.99. The number of esters is 1. The molecule has 0 unspecified atom stereocenters. The molecular weight excluding hydrogens is 373 g/mol. The maximum absolute atomic E-state index is 11.4. The van der Waals surface area contributed by atoms with Crippen molar-refractivity contribution in [3.8, 4) is 0 Å². The van der Waals surface area contributed by atoms with Crippen molar-refractivity contribution in [2.75, 3.05) is 7.11 Å². The third-order valence-corrected chi connectivity index (χ3v) is 4.42. The summed E-state index contributed by atoms with van der Waals surface area (Å²) in [5, 5.41) is 0.884. The molecule has 1 aromatic heterocycles. The SMILES string of the molecule is COC(=O)c1c[nH]c2cc(Br)c(I)cc12. The normalized spacial score (nSPS) is 10.6. The topological polar surface area (TPSA) is 42.1 Å². The van der Waals surface area contributed by atoms with Gasteiger partial charge < -0.3 is 9.72 Å². The number of benzene rings is 1. The number of hydrogen-bond donors (Lipinski definition) is 1. The van der Waals surface area contributed by atoms with Gasteiger partial charge in [0, 0.05) is 25.1 Å². The Balaban J connectivity index is 2.69. The van der Waals surface area contributed by atoms with Crippen molar-refractivity contribution in [3.05, 3.63) is 31.9 Å². The van der Waals surface area contributed by atoms with Crippen LogP contribution in [0, 0.1) is 3.57 Å². The van der Waals surface area contributed by atoms with Gasteiger partial charge >= 0.3 is 5.97 Å². The number of halogens is 2. The van der Waals surface area contributed by atoms with E-state index in [0.717, 1.165) is 18.9 Å². The van der Waals surface area contributed by atoms with Crippen LogP contribution in [0.25, 0.3) is 10.9 Å². The number of H-pyrrole nitrogens is 1. The number of ether oxygens (including phenoxy) is 1. The lowest BCUT2D eigenvalue weighted by molar-refractivity contribution is 0.0603. The molecule has 0 bridgehead atoms. The molecule has 0 spiro atoms. The molecule has 2 aromatic rings. The molecule has 3 nitrogen and oxygen atoms in total. The van der Waals surface area contributed by atoms with E-state index in [1.165, 1.54) is 7.11 Å². The van der Waals surface area contributed by atoms with Crippen LogP contribution in [0.4, 0.5) is 0 Å². The number of fused-ring (bicyclic) bond motifs is 1. The number of aromatic nitrogens is 1. The first kappa shape index (κ1) is 10.9. The second-order valence-electron chi connectivity index (χ2n) is 3.01. The Bertz CT molecular complexity index is 535. The summed E-state index contributed by atoms with van der Waals surface area (Å²) in [5.41, 5.74) is 1.49. The van der Waals surface area contributed by atoms with Gasteiger partial charge in [-0.25, -0.2) is 4.79 Å². The number of aromatic amines is 1. The molecule has 0 amide bonds. The molecule has 78 valence electrons.